The maximum Gasteiger partial charge on any atom is 0.303 e. The lowest BCUT2D eigenvalue weighted by atomic mass is 10.0. The number of nitrogens with one attached hydrogen (secondary N) is 2. The minimum atomic E-state index is -0.686. The number of aliphatic carboxylic acids is 1. The Hall–Kier alpha value is -1.59. The fourth-order valence-corrected chi connectivity index (χ4v) is 3.39. The molecule has 0 aromatic heterocycles. The quantitative estimate of drug-likeness (QED) is 0.203. The highest BCUT2D eigenvalue weighted by molar-refractivity contribution is 5.77. The molecular formula is C24H46N2O4. The van der Waals surface area contributed by atoms with E-state index in [0.29, 0.717) is 32.2 Å². The number of carbonyl (C=O) groups is 3. The second kappa shape index (κ2) is 22.1. The molecule has 0 aromatic carbocycles. The van der Waals surface area contributed by atoms with Gasteiger partial charge in [-0.2, -0.15) is 0 Å². The largest absolute Gasteiger partial charge is 0.481 e. The minimum absolute atomic E-state index is 0.0773. The summed E-state index contributed by atoms with van der Waals surface area (Å²) in [6.07, 6.45) is 18.0. The molecule has 6 nitrogen and oxygen atoms in total. The molecule has 30 heavy (non-hydrogen) atoms. The van der Waals surface area contributed by atoms with Crippen LogP contribution >= 0.6 is 0 Å². The molecule has 0 atom stereocenters. The third-order valence-electron chi connectivity index (χ3n) is 5.30. The minimum Gasteiger partial charge on any atom is -0.481 e. The SMILES string of the molecule is CCCCNC(=O)CCCNC(=O)CCCCCCCCCCCCCCC(=O)O. The van der Waals surface area contributed by atoms with Gasteiger partial charge in [0.25, 0.3) is 0 Å². The first-order valence-electron chi connectivity index (χ1n) is 12.3. The average Bonchev–Trinajstić information content (AvgIpc) is 2.71. The molecule has 0 rings (SSSR count). The van der Waals surface area contributed by atoms with Crippen LogP contribution in [0.25, 0.3) is 0 Å². The van der Waals surface area contributed by atoms with Gasteiger partial charge in [0.1, 0.15) is 0 Å². The van der Waals surface area contributed by atoms with Crippen LogP contribution in [0.1, 0.15) is 122 Å². The van der Waals surface area contributed by atoms with Crippen molar-refractivity contribution in [1.29, 1.82) is 0 Å². The van der Waals surface area contributed by atoms with Gasteiger partial charge in [0.2, 0.25) is 11.8 Å². The van der Waals surface area contributed by atoms with Crippen LogP contribution in [0.4, 0.5) is 0 Å². The highest BCUT2D eigenvalue weighted by Gasteiger charge is 2.03. The van der Waals surface area contributed by atoms with E-state index in [4.69, 9.17) is 5.11 Å². The van der Waals surface area contributed by atoms with Crippen LogP contribution < -0.4 is 10.6 Å². The number of hydrogen-bond acceptors (Lipinski definition) is 3. The smallest absolute Gasteiger partial charge is 0.303 e. The highest BCUT2D eigenvalue weighted by Crippen LogP contribution is 2.13. The summed E-state index contributed by atoms with van der Waals surface area (Å²) in [5.74, 6) is -0.507. The third-order valence-corrected chi connectivity index (χ3v) is 5.30. The van der Waals surface area contributed by atoms with E-state index in [9.17, 15) is 14.4 Å². The number of rotatable bonds is 22. The summed E-state index contributed by atoms with van der Waals surface area (Å²) in [5, 5.41) is 14.4. The van der Waals surface area contributed by atoms with E-state index < -0.39 is 5.97 Å². The Morgan fingerprint density at radius 1 is 0.533 bits per heavy atom. The van der Waals surface area contributed by atoms with Gasteiger partial charge in [-0.25, -0.2) is 0 Å². The molecule has 3 N–H and O–H groups in total. The zero-order valence-corrected chi connectivity index (χ0v) is 19.3. The summed E-state index contributed by atoms with van der Waals surface area (Å²) in [6, 6.07) is 0. The molecule has 0 aliphatic rings. The molecule has 6 heteroatoms. The van der Waals surface area contributed by atoms with Gasteiger partial charge in [-0.3, -0.25) is 14.4 Å². The predicted molar refractivity (Wildman–Crippen MR) is 122 cm³/mol. The van der Waals surface area contributed by atoms with Gasteiger partial charge in [0.05, 0.1) is 0 Å². The first-order chi connectivity index (χ1) is 14.6. The summed E-state index contributed by atoms with van der Waals surface area (Å²) in [5.41, 5.74) is 0. The van der Waals surface area contributed by atoms with Crippen molar-refractivity contribution in [1.82, 2.24) is 10.6 Å². The first kappa shape index (κ1) is 28.4. The van der Waals surface area contributed by atoms with E-state index >= 15 is 0 Å². The van der Waals surface area contributed by atoms with E-state index in [1.54, 1.807) is 0 Å². The van der Waals surface area contributed by atoms with Crippen LogP contribution in [0.2, 0.25) is 0 Å². The monoisotopic (exact) mass is 426 g/mol. The van der Waals surface area contributed by atoms with E-state index in [2.05, 4.69) is 17.6 Å². The van der Waals surface area contributed by atoms with Crippen LogP contribution in [-0.2, 0) is 14.4 Å². The molecular weight excluding hydrogens is 380 g/mol. The second-order valence-corrected chi connectivity index (χ2v) is 8.29. The number of carbonyl (C=O) groups excluding carboxylic acids is 2. The normalized spacial score (nSPS) is 10.7. The lowest BCUT2D eigenvalue weighted by Crippen LogP contribution is -2.27. The Labute approximate surface area is 184 Å². The zero-order valence-electron chi connectivity index (χ0n) is 19.3. The van der Waals surface area contributed by atoms with E-state index in [-0.39, 0.29) is 11.8 Å². The first-order valence-corrected chi connectivity index (χ1v) is 12.3. The number of carboxylic acid groups (broad SMARTS) is 1. The van der Waals surface area contributed by atoms with Gasteiger partial charge < -0.3 is 15.7 Å². The molecule has 0 aliphatic carbocycles. The second-order valence-electron chi connectivity index (χ2n) is 8.29. The molecule has 0 saturated carbocycles. The van der Waals surface area contributed by atoms with Crippen molar-refractivity contribution in [2.45, 2.75) is 122 Å². The van der Waals surface area contributed by atoms with Crippen molar-refractivity contribution in [3.05, 3.63) is 0 Å². The van der Waals surface area contributed by atoms with Gasteiger partial charge >= 0.3 is 5.97 Å². The molecule has 0 radical (unpaired) electrons. The molecule has 0 bridgehead atoms. The zero-order chi connectivity index (χ0) is 22.3. The summed E-state index contributed by atoms with van der Waals surface area (Å²) >= 11 is 0. The maximum absolute atomic E-state index is 11.8. The number of hydrogen-bond donors (Lipinski definition) is 3. The van der Waals surface area contributed by atoms with Crippen molar-refractivity contribution < 1.29 is 19.5 Å². The van der Waals surface area contributed by atoms with E-state index in [1.165, 1.54) is 44.9 Å². The Morgan fingerprint density at radius 2 is 0.900 bits per heavy atom. The van der Waals surface area contributed by atoms with Crippen molar-refractivity contribution in [3.63, 3.8) is 0 Å². The van der Waals surface area contributed by atoms with Crippen molar-refractivity contribution in [2.24, 2.45) is 0 Å². The molecule has 0 aliphatic heterocycles. The standard InChI is InChI=1S/C24H46N2O4/c1-2-3-20-25-23(28)18-16-21-26-22(27)17-14-12-10-8-6-4-5-7-9-11-13-15-19-24(29)30/h2-21H2,1H3,(H,25,28)(H,26,27)(H,29,30). The van der Waals surface area contributed by atoms with Gasteiger partial charge in [-0.05, 0) is 25.7 Å². The third kappa shape index (κ3) is 22.7. The highest BCUT2D eigenvalue weighted by atomic mass is 16.4. The molecule has 0 unspecified atom stereocenters. The van der Waals surface area contributed by atoms with Crippen LogP contribution in [0.3, 0.4) is 0 Å². The van der Waals surface area contributed by atoms with Crippen molar-refractivity contribution >= 4 is 17.8 Å². The topological polar surface area (TPSA) is 95.5 Å². The van der Waals surface area contributed by atoms with Gasteiger partial charge in [0.15, 0.2) is 0 Å². The van der Waals surface area contributed by atoms with Crippen LogP contribution in [0, 0.1) is 0 Å². The Balaban J connectivity index is 3.24. The van der Waals surface area contributed by atoms with Gasteiger partial charge in [-0.15, -0.1) is 0 Å². The lowest BCUT2D eigenvalue weighted by Gasteiger charge is -2.06. The maximum atomic E-state index is 11.8. The summed E-state index contributed by atoms with van der Waals surface area (Å²) in [6.45, 7) is 3.43. The van der Waals surface area contributed by atoms with Gasteiger partial charge in [-0.1, -0.05) is 77.6 Å². The molecule has 0 saturated heterocycles. The van der Waals surface area contributed by atoms with Crippen LogP contribution in [0.15, 0.2) is 0 Å². The summed E-state index contributed by atoms with van der Waals surface area (Å²) < 4.78 is 0. The Kier molecular flexibility index (Phi) is 20.9. The molecule has 0 aromatic rings. The van der Waals surface area contributed by atoms with Crippen LogP contribution in [0.5, 0.6) is 0 Å². The average molecular weight is 427 g/mol. The van der Waals surface area contributed by atoms with Gasteiger partial charge in [0, 0.05) is 32.4 Å². The predicted octanol–water partition coefficient (Wildman–Crippen LogP) is 5.35. The Morgan fingerprint density at radius 3 is 1.33 bits per heavy atom. The molecule has 0 spiro atoms. The summed E-state index contributed by atoms with van der Waals surface area (Å²) in [7, 11) is 0. The van der Waals surface area contributed by atoms with E-state index in [0.717, 1.165) is 51.5 Å². The Bertz CT molecular complexity index is 441. The van der Waals surface area contributed by atoms with Crippen LogP contribution in [-0.4, -0.2) is 36.0 Å². The molecule has 0 heterocycles. The fourth-order valence-electron chi connectivity index (χ4n) is 3.39. The number of carboxylic acids is 1. The van der Waals surface area contributed by atoms with Crippen molar-refractivity contribution in [3.8, 4) is 0 Å². The summed E-state index contributed by atoms with van der Waals surface area (Å²) in [4.78, 5) is 33.8. The lowest BCUT2D eigenvalue weighted by molar-refractivity contribution is -0.137. The molecule has 176 valence electrons. The number of amides is 2. The molecule has 2 amide bonds. The van der Waals surface area contributed by atoms with E-state index in [1.807, 2.05) is 0 Å². The number of unbranched alkanes of at least 4 members (excludes halogenated alkanes) is 12. The molecule has 0 fully saturated rings. The van der Waals surface area contributed by atoms with Crippen molar-refractivity contribution in [2.75, 3.05) is 13.1 Å². The fraction of sp³-hybridized carbons (Fsp3) is 0.875.